The predicted octanol–water partition coefficient (Wildman–Crippen LogP) is 3.18. The molecule has 0 aromatic heterocycles. The van der Waals surface area contributed by atoms with Crippen LogP contribution in [0.15, 0.2) is 24.3 Å². The Balaban J connectivity index is 1.93. The molecule has 3 nitrogen and oxygen atoms in total. The molecule has 1 atom stereocenters. The number of benzene rings is 1. The average Bonchev–Trinajstić information content (AvgIpc) is 2.47. The second-order valence-electron chi connectivity index (χ2n) is 4.68. The van der Waals surface area contributed by atoms with Gasteiger partial charge in [-0.1, -0.05) is 0 Å². The van der Waals surface area contributed by atoms with Crippen molar-refractivity contribution < 1.29 is 14.3 Å². The van der Waals surface area contributed by atoms with Crippen LogP contribution in [0.5, 0.6) is 5.75 Å². The standard InChI is InChI=1S/C15H20O3S/c1-11(19-14-7-9-18-10-8-14)15(16)12-3-5-13(17-2)6-4-12/h3-6,11,14H,7-10H2,1-2H3. The lowest BCUT2D eigenvalue weighted by Crippen LogP contribution is -2.23. The van der Waals surface area contributed by atoms with Crippen molar-refractivity contribution >= 4 is 17.5 Å². The van der Waals surface area contributed by atoms with Crippen LogP contribution in [0.1, 0.15) is 30.1 Å². The Morgan fingerprint density at radius 3 is 2.53 bits per heavy atom. The molecule has 104 valence electrons. The van der Waals surface area contributed by atoms with E-state index in [0.29, 0.717) is 5.25 Å². The second-order valence-corrected chi connectivity index (χ2v) is 6.33. The van der Waals surface area contributed by atoms with Crippen molar-refractivity contribution in [3.63, 3.8) is 0 Å². The van der Waals surface area contributed by atoms with Crippen molar-refractivity contribution in [2.24, 2.45) is 0 Å². The topological polar surface area (TPSA) is 35.5 Å². The van der Waals surface area contributed by atoms with Crippen LogP contribution in [-0.4, -0.2) is 36.6 Å². The van der Waals surface area contributed by atoms with E-state index in [1.54, 1.807) is 18.9 Å². The van der Waals surface area contributed by atoms with Gasteiger partial charge in [-0.25, -0.2) is 0 Å². The second kappa shape index (κ2) is 6.96. The Kier molecular flexibility index (Phi) is 5.28. The first-order valence-corrected chi connectivity index (χ1v) is 7.56. The number of ketones is 1. The number of methoxy groups -OCH3 is 1. The van der Waals surface area contributed by atoms with Crippen molar-refractivity contribution in [2.45, 2.75) is 30.3 Å². The minimum Gasteiger partial charge on any atom is -0.497 e. The Morgan fingerprint density at radius 1 is 1.32 bits per heavy atom. The molecule has 1 saturated heterocycles. The molecule has 0 saturated carbocycles. The molecule has 0 spiro atoms. The van der Waals surface area contributed by atoms with E-state index in [2.05, 4.69) is 0 Å². The number of rotatable bonds is 5. The van der Waals surface area contributed by atoms with Crippen LogP contribution in [0.25, 0.3) is 0 Å². The molecular weight excluding hydrogens is 260 g/mol. The first-order chi connectivity index (χ1) is 9.20. The van der Waals surface area contributed by atoms with E-state index in [-0.39, 0.29) is 11.0 Å². The number of Topliss-reactive ketones (excluding diaryl/α,β-unsaturated/α-hetero) is 1. The van der Waals surface area contributed by atoms with Gasteiger partial charge in [-0.3, -0.25) is 4.79 Å². The molecule has 19 heavy (non-hydrogen) atoms. The quantitative estimate of drug-likeness (QED) is 0.776. The summed E-state index contributed by atoms with van der Waals surface area (Å²) < 4.78 is 10.4. The van der Waals surface area contributed by atoms with Crippen LogP contribution in [0.2, 0.25) is 0 Å². The van der Waals surface area contributed by atoms with Crippen molar-refractivity contribution in [3.8, 4) is 5.75 Å². The van der Waals surface area contributed by atoms with Gasteiger partial charge in [-0.2, -0.15) is 0 Å². The number of carbonyl (C=O) groups excluding carboxylic acids is 1. The SMILES string of the molecule is COc1ccc(C(=O)C(C)SC2CCOCC2)cc1. The van der Waals surface area contributed by atoms with Crippen LogP contribution in [0, 0.1) is 0 Å². The molecule has 0 bridgehead atoms. The molecule has 1 aromatic rings. The molecule has 4 heteroatoms. The highest BCUT2D eigenvalue weighted by Gasteiger charge is 2.22. The van der Waals surface area contributed by atoms with Gasteiger partial charge in [0.15, 0.2) is 5.78 Å². The summed E-state index contributed by atoms with van der Waals surface area (Å²) in [6.45, 7) is 3.63. The largest absolute Gasteiger partial charge is 0.497 e. The van der Waals surface area contributed by atoms with E-state index in [0.717, 1.165) is 37.4 Å². The Labute approximate surface area is 118 Å². The molecule has 0 radical (unpaired) electrons. The third-order valence-electron chi connectivity index (χ3n) is 3.31. The normalized spacial score (nSPS) is 18.0. The van der Waals surface area contributed by atoms with Gasteiger partial charge in [0.25, 0.3) is 0 Å². The van der Waals surface area contributed by atoms with E-state index in [4.69, 9.17) is 9.47 Å². The van der Waals surface area contributed by atoms with Gasteiger partial charge in [-0.15, -0.1) is 11.8 Å². The van der Waals surface area contributed by atoms with Crippen LogP contribution < -0.4 is 4.74 Å². The monoisotopic (exact) mass is 280 g/mol. The third kappa shape index (κ3) is 3.98. The molecule has 1 unspecified atom stereocenters. The van der Waals surface area contributed by atoms with Crippen molar-refractivity contribution in [2.75, 3.05) is 20.3 Å². The van der Waals surface area contributed by atoms with E-state index < -0.39 is 0 Å². The highest BCUT2D eigenvalue weighted by Crippen LogP contribution is 2.28. The average molecular weight is 280 g/mol. The highest BCUT2D eigenvalue weighted by atomic mass is 32.2. The maximum atomic E-state index is 12.3. The Hall–Kier alpha value is -1.00. The van der Waals surface area contributed by atoms with Gasteiger partial charge in [0.1, 0.15) is 5.75 Å². The fraction of sp³-hybridized carbons (Fsp3) is 0.533. The van der Waals surface area contributed by atoms with Crippen molar-refractivity contribution in [1.82, 2.24) is 0 Å². The van der Waals surface area contributed by atoms with E-state index >= 15 is 0 Å². The first-order valence-electron chi connectivity index (χ1n) is 6.62. The van der Waals surface area contributed by atoms with Gasteiger partial charge in [0, 0.05) is 24.0 Å². The fourth-order valence-electron chi connectivity index (χ4n) is 2.15. The summed E-state index contributed by atoms with van der Waals surface area (Å²) in [6.07, 6.45) is 2.09. The molecule has 1 aliphatic rings. The summed E-state index contributed by atoms with van der Waals surface area (Å²) in [5.41, 5.74) is 0.757. The summed E-state index contributed by atoms with van der Waals surface area (Å²) in [6, 6.07) is 7.34. The minimum atomic E-state index is -0.00325. The lowest BCUT2D eigenvalue weighted by atomic mass is 10.1. The minimum absolute atomic E-state index is 0.00325. The van der Waals surface area contributed by atoms with E-state index in [9.17, 15) is 4.79 Å². The maximum absolute atomic E-state index is 12.3. The Morgan fingerprint density at radius 2 is 1.95 bits per heavy atom. The van der Waals surface area contributed by atoms with E-state index in [1.807, 2.05) is 31.2 Å². The predicted molar refractivity (Wildman–Crippen MR) is 78.2 cm³/mol. The zero-order chi connectivity index (χ0) is 13.7. The molecule has 1 fully saturated rings. The maximum Gasteiger partial charge on any atom is 0.175 e. The number of carbonyl (C=O) groups is 1. The lowest BCUT2D eigenvalue weighted by Gasteiger charge is -2.24. The smallest absolute Gasteiger partial charge is 0.175 e. The van der Waals surface area contributed by atoms with Gasteiger partial charge in [-0.05, 0) is 44.0 Å². The van der Waals surface area contributed by atoms with Crippen LogP contribution in [0.3, 0.4) is 0 Å². The summed E-state index contributed by atoms with van der Waals surface area (Å²) in [5, 5.41) is 0.544. The van der Waals surface area contributed by atoms with Crippen molar-refractivity contribution in [3.05, 3.63) is 29.8 Å². The third-order valence-corrected chi connectivity index (χ3v) is 4.79. The number of hydrogen-bond donors (Lipinski definition) is 0. The molecule has 1 aromatic carbocycles. The number of hydrogen-bond acceptors (Lipinski definition) is 4. The molecule has 0 N–H and O–H groups in total. The molecule has 0 amide bonds. The molecule has 1 aliphatic heterocycles. The zero-order valence-electron chi connectivity index (χ0n) is 11.4. The molecule has 2 rings (SSSR count). The molecular formula is C15H20O3S. The summed E-state index contributed by atoms with van der Waals surface area (Å²) >= 11 is 1.77. The van der Waals surface area contributed by atoms with Crippen LogP contribution in [0.4, 0.5) is 0 Å². The summed E-state index contributed by atoms with van der Waals surface area (Å²) in [7, 11) is 1.63. The van der Waals surface area contributed by atoms with Gasteiger partial charge >= 0.3 is 0 Å². The van der Waals surface area contributed by atoms with Crippen LogP contribution in [-0.2, 0) is 4.74 Å². The summed E-state index contributed by atoms with van der Waals surface area (Å²) in [4.78, 5) is 12.3. The summed E-state index contributed by atoms with van der Waals surface area (Å²) in [5.74, 6) is 0.973. The van der Waals surface area contributed by atoms with Gasteiger partial charge < -0.3 is 9.47 Å². The molecule has 1 heterocycles. The number of ether oxygens (including phenoxy) is 2. The Bertz CT molecular complexity index is 410. The highest BCUT2D eigenvalue weighted by molar-refractivity contribution is 8.01. The van der Waals surface area contributed by atoms with E-state index in [1.165, 1.54) is 0 Å². The fourth-order valence-corrected chi connectivity index (χ4v) is 3.45. The lowest BCUT2D eigenvalue weighted by molar-refractivity contribution is 0.0974. The zero-order valence-corrected chi connectivity index (χ0v) is 12.2. The van der Waals surface area contributed by atoms with Crippen LogP contribution >= 0.6 is 11.8 Å². The van der Waals surface area contributed by atoms with Gasteiger partial charge in [0.2, 0.25) is 0 Å². The van der Waals surface area contributed by atoms with Crippen molar-refractivity contribution in [1.29, 1.82) is 0 Å². The van der Waals surface area contributed by atoms with Gasteiger partial charge in [0.05, 0.1) is 12.4 Å². The number of thioether (sulfide) groups is 1. The molecule has 0 aliphatic carbocycles. The first kappa shape index (κ1) is 14.4.